The van der Waals surface area contributed by atoms with E-state index in [0.717, 1.165) is 0 Å². The number of ether oxygens (including phenoxy) is 1. The summed E-state index contributed by atoms with van der Waals surface area (Å²) in [5.74, 6) is -0.313. The number of hydrogen-bond donors (Lipinski definition) is 0. The summed E-state index contributed by atoms with van der Waals surface area (Å²) in [4.78, 5) is 10.1. The van der Waals surface area contributed by atoms with E-state index >= 15 is 0 Å². The van der Waals surface area contributed by atoms with Crippen molar-refractivity contribution in [3.8, 4) is 0 Å². The monoisotopic (exact) mass is 178 g/mol. The number of rotatable bonds is 2. The Balaban J connectivity index is 3.38. The van der Waals surface area contributed by atoms with Crippen LogP contribution >= 0.6 is 15.9 Å². The third-order valence-corrected chi connectivity index (χ3v) is 1.02. The molecule has 0 aromatic carbocycles. The van der Waals surface area contributed by atoms with Gasteiger partial charge in [0.15, 0.2) is 5.01 Å². The molecule has 0 aliphatic carbocycles. The Morgan fingerprint density at radius 1 is 2.00 bits per heavy atom. The van der Waals surface area contributed by atoms with E-state index in [4.69, 9.17) is 0 Å². The van der Waals surface area contributed by atoms with Crippen LogP contribution in [0.2, 0.25) is 0 Å². The molecule has 1 unspecified atom stereocenters. The first kappa shape index (κ1) is 7.69. The lowest BCUT2D eigenvalue weighted by Gasteiger charge is -2.01. The topological polar surface area (TPSA) is 26.3 Å². The fraction of sp³-hybridized carbons (Fsp3) is 0.400. The molecule has 0 rings (SSSR count). The van der Waals surface area contributed by atoms with E-state index < -0.39 is 0 Å². The van der Waals surface area contributed by atoms with Crippen LogP contribution < -0.4 is 0 Å². The lowest BCUT2D eigenvalue weighted by molar-refractivity contribution is -0.140. The lowest BCUT2D eigenvalue weighted by Crippen LogP contribution is -2.04. The van der Waals surface area contributed by atoms with E-state index in [1.807, 2.05) is 0 Å². The molecule has 0 heterocycles. The van der Waals surface area contributed by atoms with Gasteiger partial charge in [0.2, 0.25) is 0 Å². The zero-order chi connectivity index (χ0) is 6.57. The summed E-state index contributed by atoms with van der Waals surface area (Å²) in [5.41, 5.74) is 0. The van der Waals surface area contributed by atoms with Crippen molar-refractivity contribution in [2.24, 2.45) is 0 Å². The maximum Gasteiger partial charge on any atom is 0.304 e. The third-order valence-electron chi connectivity index (χ3n) is 0.464. The van der Waals surface area contributed by atoms with Crippen LogP contribution in [0.25, 0.3) is 0 Å². The van der Waals surface area contributed by atoms with E-state index in [0.29, 0.717) is 0 Å². The maximum atomic E-state index is 10.1. The van der Waals surface area contributed by atoms with E-state index in [9.17, 15) is 4.79 Å². The zero-order valence-electron chi connectivity index (χ0n) is 4.56. The molecule has 46 valence electrons. The summed E-state index contributed by atoms with van der Waals surface area (Å²) in [6.45, 7) is 4.73. The molecule has 8 heavy (non-hydrogen) atoms. The molecule has 0 amide bonds. The first-order valence-electron chi connectivity index (χ1n) is 2.10. The molecule has 0 aliphatic rings. The highest BCUT2D eigenvalue weighted by molar-refractivity contribution is 9.09. The van der Waals surface area contributed by atoms with Crippen LogP contribution in [0, 0.1) is 0 Å². The molecule has 0 radical (unpaired) electrons. The summed E-state index contributed by atoms with van der Waals surface area (Å²) in [6.07, 6.45) is 1.49. The van der Waals surface area contributed by atoms with E-state index in [-0.39, 0.29) is 11.0 Å². The molecule has 0 N–H and O–H groups in total. The van der Waals surface area contributed by atoms with Crippen LogP contribution in [0.1, 0.15) is 6.92 Å². The quantitative estimate of drug-likeness (QED) is 0.364. The Labute approximate surface area is 56.7 Å². The maximum absolute atomic E-state index is 10.1. The Morgan fingerprint density at radius 2 is 2.50 bits per heavy atom. The molecule has 0 aliphatic heterocycles. The van der Waals surface area contributed by atoms with Gasteiger partial charge in [-0.05, 0) is 22.0 Å². The van der Waals surface area contributed by atoms with Gasteiger partial charge >= 0.3 is 5.97 Å². The van der Waals surface area contributed by atoms with Gasteiger partial charge in [-0.3, -0.25) is 4.79 Å². The van der Waals surface area contributed by atoms with Gasteiger partial charge in [0.05, 0.1) is 0 Å². The lowest BCUT2D eigenvalue weighted by atomic mass is 10.7. The second-order valence-corrected chi connectivity index (χ2v) is 2.10. The number of halogens is 1. The van der Waals surface area contributed by atoms with Crippen molar-refractivity contribution >= 4 is 21.9 Å². The van der Waals surface area contributed by atoms with Crippen molar-refractivity contribution in [3.63, 3.8) is 0 Å². The number of hydrogen-bond acceptors (Lipinski definition) is 2. The molecule has 2 nitrogen and oxygen atoms in total. The van der Waals surface area contributed by atoms with Crippen molar-refractivity contribution in [2.45, 2.75) is 11.9 Å². The molecular weight excluding hydrogens is 172 g/mol. The minimum atomic E-state index is -0.347. The minimum Gasteiger partial charge on any atom is -0.447 e. The minimum absolute atomic E-state index is 0.313. The van der Waals surface area contributed by atoms with Gasteiger partial charge in [0.25, 0.3) is 0 Å². The Kier molecular flexibility index (Phi) is 3.52. The number of esters is 1. The summed E-state index contributed by atoms with van der Waals surface area (Å²) in [5, 5.41) is -0.347. The molecule has 3 heteroatoms. The van der Waals surface area contributed by atoms with Crippen molar-refractivity contribution < 1.29 is 9.53 Å². The second-order valence-electron chi connectivity index (χ2n) is 1.20. The van der Waals surface area contributed by atoms with Gasteiger partial charge in [-0.25, -0.2) is 0 Å². The molecular formula is C5H7BrO2. The SMILES string of the molecule is C=CC(Br)OC(C)=O. The van der Waals surface area contributed by atoms with Crippen molar-refractivity contribution in [1.29, 1.82) is 0 Å². The highest BCUT2D eigenvalue weighted by atomic mass is 79.9. The number of alkyl halides is 1. The average Bonchev–Trinajstić information content (AvgIpc) is 1.65. The average molecular weight is 179 g/mol. The van der Waals surface area contributed by atoms with Crippen LogP contribution in [0.4, 0.5) is 0 Å². The van der Waals surface area contributed by atoms with E-state index in [1.165, 1.54) is 13.0 Å². The zero-order valence-corrected chi connectivity index (χ0v) is 6.14. The number of carbonyl (C=O) groups excluding carboxylic acids is 1. The van der Waals surface area contributed by atoms with E-state index in [2.05, 4.69) is 27.2 Å². The number of carbonyl (C=O) groups is 1. The second kappa shape index (κ2) is 3.66. The Bertz CT molecular complexity index is 101. The van der Waals surface area contributed by atoms with Crippen LogP contribution in [-0.4, -0.2) is 11.0 Å². The van der Waals surface area contributed by atoms with Crippen LogP contribution in [0.15, 0.2) is 12.7 Å². The molecule has 0 saturated carbocycles. The van der Waals surface area contributed by atoms with Gasteiger partial charge in [-0.2, -0.15) is 0 Å². The van der Waals surface area contributed by atoms with Crippen molar-refractivity contribution in [2.75, 3.05) is 0 Å². The molecule has 1 atom stereocenters. The fourth-order valence-corrected chi connectivity index (χ4v) is 0.470. The van der Waals surface area contributed by atoms with Crippen LogP contribution in [-0.2, 0) is 9.53 Å². The van der Waals surface area contributed by atoms with Crippen LogP contribution in [0.5, 0.6) is 0 Å². The van der Waals surface area contributed by atoms with Gasteiger partial charge < -0.3 is 4.74 Å². The van der Waals surface area contributed by atoms with Crippen LogP contribution in [0.3, 0.4) is 0 Å². The summed E-state index contributed by atoms with van der Waals surface area (Å²) < 4.78 is 4.56. The third kappa shape index (κ3) is 3.87. The first-order chi connectivity index (χ1) is 3.66. The molecule has 0 saturated heterocycles. The Morgan fingerprint density at radius 3 is 2.62 bits per heavy atom. The van der Waals surface area contributed by atoms with Gasteiger partial charge in [0, 0.05) is 6.92 Å². The molecule has 0 bridgehead atoms. The van der Waals surface area contributed by atoms with Gasteiger partial charge in [-0.1, -0.05) is 6.58 Å². The standard InChI is InChI=1S/C5H7BrO2/c1-3-5(6)8-4(2)7/h3,5H,1H2,2H3. The first-order valence-corrected chi connectivity index (χ1v) is 3.02. The summed E-state index contributed by atoms with van der Waals surface area (Å²) in [7, 11) is 0. The summed E-state index contributed by atoms with van der Waals surface area (Å²) >= 11 is 3.02. The Hall–Kier alpha value is -0.310. The highest BCUT2D eigenvalue weighted by Crippen LogP contribution is 2.01. The molecule has 0 spiro atoms. The molecule has 0 aromatic rings. The fourth-order valence-electron chi connectivity index (χ4n) is 0.207. The normalized spacial score (nSPS) is 12.2. The predicted octanol–water partition coefficient (Wildman–Crippen LogP) is 1.46. The van der Waals surface area contributed by atoms with E-state index in [1.54, 1.807) is 0 Å². The predicted molar refractivity (Wildman–Crippen MR) is 34.7 cm³/mol. The summed E-state index contributed by atoms with van der Waals surface area (Å²) in [6, 6.07) is 0. The molecule has 0 fully saturated rings. The highest BCUT2D eigenvalue weighted by Gasteiger charge is 1.98. The van der Waals surface area contributed by atoms with Crippen molar-refractivity contribution in [1.82, 2.24) is 0 Å². The van der Waals surface area contributed by atoms with Gasteiger partial charge in [0.1, 0.15) is 0 Å². The largest absolute Gasteiger partial charge is 0.447 e. The van der Waals surface area contributed by atoms with Crippen molar-refractivity contribution in [3.05, 3.63) is 12.7 Å². The van der Waals surface area contributed by atoms with Gasteiger partial charge in [-0.15, -0.1) is 0 Å². The molecule has 0 aromatic heterocycles. The smallest absolute Gasteiger partial charge is 0.304 e.